The van der Waals surface area contributed by atoms with E-state index in [2.05, 4.69) is 21.7 Å². The van der Waals surface area contributed by atoms with E-state index in [9.17, 15) is 14.9 Å². The van der Waals surface area contributed by atoms with Gasteiger partial charge in [-0.05, 0) is 25.0 Å². The molecule has 2 amide bonds. The first kappa shape index (κ1) is 16.0. The molecule has 6 heteroatoms. The van der Waals surface area contributed by atoms with Crippen molar-refractivity contribution >= 4 is 11.8 Å². The summed E-state index contributed by atoms with van der Waals surface area (Å²) < 4.78 is 0. The lowest BCUT2D eigenvalue weighted by molar-refractivity contribution is -0.129. The lowest BCUT2D eigenvalue weighted by atomic mass is 9.74. The molecule has 2 N–H and O–H groups in total. The Balaban J connectivity index is 1.75. The number of aromatic nitrogens is 1. The van der Waals surface area contributed by atoms with Crippen molar-refractivity contribution in [3.8, 4) is 6.07 Å². The number of amides is 2. The highest BCUT2D eigenvalue weighted by atomic mass is 16.2. The summed E-state index contributed by atoms with van der Waals surface area (Å²) in [4.78, 5) is 27.9. The molecule has 1 aromatic rings. The normalized spacial score (nSPS) is 16.3. The number of pyridine rings is 1. The molecule has 0 saturated heterocycles. The van der Waals surface area contributed by atoms with Gasteiger partial charge in [0.25, 0.3) is 5.91 Å². The van der Waals surface area contributed by atoms with Crippen LogP contribution in [-0.4, -0.2) is 29.9 Å². The molecule has 1 fully saturated rings. The zero-order chi connectivity index (χ0) is 15.8. The van der Waals surface area contributed by atoms with Gasteiger partial charge in [-0.2, -0.15) is 5.26 Å². The molecule has 0 aliphatic heterocycles. The van der Waals surface area contributed by atoms with Crippen molar-refractivity contribution in [2.24, 2.45) is 5.41 Å². The summed E-state index contributed by atoms with van der Waals surface area (Å²) in [6.45, 7) is 0.634. The van der Waals surface area contributed by atoms with Crippen LogP contribution in [0.3, 0.4) is 0 Å². The third-order valence-electron chi connectivity index (χ3n) is 3.98. The van der Waals surface area contributed by atoms with Crippen molar-refractivity contribution in [3.63, 3.8) is 0 Å². The number of nitrogens with zero attached hydrogens (tertiary/aromatic N) is 2. The Labute approximate surface area is 129 Å². The lowest BCUT2D eigenvalue weighted by Crippen LogP contribution is -2.44. The molecule has 1 heterocycles. The van der Waals surface area contributed by atoms with Gasteiger partial charge in [-0.3, -0.25) is 14.6 Å². The van der Waals surface area contributed by atoms with Gasteiger partial charge in [0.05, 0.1) is 11.6 Å². The van der Waals surface area contributed by atoms with Crippen LogP contribution in [0.1, 0.15) is 42.5 Å². The molecule has 1 aromatic heterocycles. The van der Waals surface area contributed by atoms with Crippen LogP contribution in [0.5, 0.6) is 0 Å². The second-order valence-corrected chi connectivity index (χ2v) is 5.51. The number of nitriles is 1. The van der Waals surface area contributed by atoms with Crippen molar-refractivity contribution < 1.29 is 9.59 Å². The maximum atomic E-state index is 12.2. The van der Waals surface area contributed by atoms with Gasteiger partial charge in [-0.15, -0.1) is 0 Å². The zero-order valence-electron chi connectivity index (χ0n) is 12.5. The molecule has 0 aromatic carbocycles. The second kappa shape index (κ2) is 7.55. The fourth-order valence-corrected chi connectivity index (χ4v) is 2.67. The maximum absolute atomic E-state index is 12.2. The van der Waals surface area contributed by atoms with Crippen molar-refractivity contribution in [3.05, 3.63) is 30.1 Å². The first-order valence-electron chi connectivity index (χ1n) is 7.56. The van der Waals surface area contributed by atoms with Crippen LogP contribution in [0.25, 0.3) is 0 Å². The van der Waals surface area contributed by atoms with Crippen LogP contribution in [0.15, 0.2) is 24.5 Å². The van der Waals surface area contributed by atoms with E-state index in [1.807, 2.05) is 0 Å². The van der Waals surface area contributed by atoms with Gasteiger partial charge < -0.3 is 10.6 Å². The predicted molar refractivity (Wildman–Crippen MR) is 80.7 cm³/mol. The van der Waals surface area contributed by atoms with Crippen LogP contribution >= 0.6 is 0 Å². The molecule has 0 radical (unpaired) electrons. The second-order valence-electron chi connectivity index (χ2n) is 5.51. The highest BCUT2D eigenvalue weighted by molar-refractivity contribution is 5.93. The summed E-state index contributed by atoms with van der Waals surface area (Å²) >= 11 is 0. The van der Waals surface area contributed by atoms with Crippen molar-refractivity contribution in [2.45, 2.75) is 32.1 Å². The van der Waals surface area contributed by atoms with E-state index in [1.165, 1.54) is 6.20 Å². The van der Waals surface area contributed by atoms with E-state index < -0.39 is 5.41 Å². The van der Waals surface area contributed by atoms with Gasteiger partial charge in [-0.25, -0.2) is 0 Å². The highest BCUT2D eigenvalue weighted by Gasteiger charge is 2.39. The van der Waals surface area contributed by atoms with Gasteiger partial charge in [0, 0.05) is 25.5 Å². The smallest absolute Gasteiger partial charge is 0.252 e. The molecule has 1 aliphatic rings. The minimum Gasteiger partial charge on any atom is -0.353 e. The zero-order valence-corrected chi connectivity index (χ0v) is 12.5. The number of carbonyl (C=O) groups is 2. The van der Waals surface area contributed by atoms with Crippen LogP contribution in [0.2, 0.25) is 0 Å². The van der Waals surface area contributed by atoms with Crippen molar-refractivity contribution in [1.29, 1.82) is 5.26 Å². The number of rotatable bonds is 5. The first-order valence-corrected chi connectivity index (χ1v) is 7.56. The number of hydrogen-bond donors (Lipinski definition) is 2. The molecule has 1 saturated carbocycles. The van der Waals surface area contributed by atoms with E-state index in [0.717, 1.165) is 19.3 Å². The van der Waals surface area contributed by atoms with Crippen LogP contribution in [0, 0.1) is 16.7 Å². The molecule has 0 bridgehead atoms. The highest BCUT2D eigenvalue weighted by Crippen LogP contribution is 2.35. The van der Waals surface area contributed by atoms with Crippen LogP contribution in [-0.2, 0) is 4.79 Å². The largest absolute Gasteiger partial charge is 0.353 e. The van der Waals surface area contributed by atoms with Crippen molar-refractivity contribution in [2.75, 3.05) is 13.1 Å². The van der Waals surface area contributed by atoms with Gasteiger partial charge in [0.15, 0.2) is 0 Å². The molecular weight excluding hydrogens is 280 g/mol. The summed E-state index contributed by atoms with van der Waals surface area (Å²) in [5.74, 6) is -0.444. The SMILES string of the molecule is N#CC1(C(=O)NCCNC(=O)c2cccnc2)CCCCC1. The Morgan fingerprint density at radius 3 is 2.59 bits per heavy atom. The number of nitrogens with one attached hydrogen (secondary N) is 2. The van der Waals surface area contributed by atoms with E-state index >= 15 is 0 Å². The Bertz CT molecular complexity index is 559. The summed E-state index contributed by atoms with van der Waals surface area (Å²) in [6.07, 6.45) is 7.24. The number of carbonyl (C=O) groups excluding carboxylic acids is 2. The van der Waals surface area contributed by atoms with Crippen molar-refractivity contribution in [1.82, 2.24) is 15.6 Å². The van der Waals surface area contributed by atoms with E-state index in [1.54, 1.807) is 18.3 Å². The Morgan fingerprint density at radius 2 is 1.95 bits per heavy atom. The standard InChI is InChI=1S/C16H20N4O2/c17-12-16(6-2-1-3-7-16)15(22)20-10-9-19-14(21)13-5-4-8-18-11-13/h4-5,8,11H,1-3,6-7,9-10H2,(H,19,21)(H,20,22). The van der Waals surface area contributed by atoms with Crippen LogP contribution < -0.4 is 10.6 Å². The summed E-state index contributed by atoms with van der Waals surface area (Å²) in [6, 6.07) is 5.55. The minimum absolute atomic E-state index is 0.217. The molecule has 6 nitrogen and oxygen atoms in total. The third kappa shape index (κ3) is 3.82. The molecule has 0 unspecified atom stereocenters. The minimum atomic E-state index is -0.883. The van der Waals surface area contributed by atoms with Crippen LogP contribution in [0.4, 0.5) is 0 Å². The van der Waals surface area contributed by atoms with Gasteiger partial charge in [0.2, 0.25) is 5.91 Å². The molecular formula is C16H20N4O2. The summed E-state index contributed by atoms with van der Waals surface area (Å²) in [5, 5.41) is 14.8. The topological polar surface area (TPSA) is 94.9 Å². The molecule has 116 valence electrons. The summed E-state index contributed by atoms with van der Waals surface area (Å²) in [5.41, 5.74) is -0.402. The van der Waals surface area contributed by atoms with Gasteiger partial charge >= 0.3 is 0 Å². The third-order valence-corrected chi connectivity index (χ3v) is 3.98. The Hall–Kier alpha value is -2.42. The average Bonchev–Trinajstić information content (AvgIpc) is 2.59. The Morgan fingerprint density at radius 1 is 1.23 bits per heavy atom. The summed E-state index contributed by atoms with van der Waals surface area (Å²) in [7, 11) is 0. The fourth-order valence-electron chi connectivity index (χ4n) is 2.67. The van der Waals surface area contributed by atoms with E-state index in [-0.39, 0.29) is 11.8 Å². The maximum Gasteiger partial charge on any atom is 0.252 e. The monoisotopic (exact) mass is 300 g/mol. The number of hydrogen-bond acceptors (Lipinski definition) is 4. The molecule has 2 rings (SSSR count). The first-order chi connectivity index (χ1) is 10.7. The molecule has 0 atom stereocenters. The van der Waals surface area contributed by atoms with E-state index in [4.69, 9.17) is 0 Å². The quantitative estimate of drug-likeness (QED) is 0.804. The average molecular weight is 300 g/mol. The molecule has 0 spiro atoms. The van der Waals surface area contributed by atoms with E-state index in [0.29, 0.717) is 31.5 Å². The molecule has 1 aliphatic carbocycles. The predicted octanol–water partition coefficient (Wildman–Crippen LogP) is 1.40. The lowest BCUT2D eigenvalue weighted by Gasteiger charge is -2.29. The fraction of sp³-hybridized carbons (Fsp3) is 0.500. The Kier molecular flexibility index (Phi) is 5.48. The molecule has 22 heavy (non-hydrogen) atoms. The van der Waals surface area contributed by atoms with Gasteiger partial charge in [0.1, 0.15) is 5.41 Å². The van der Waals surface area contributed by atoms with Gasteiger partial charge in [-0.1, -0.05) is 19.3 Å².